The molecule has 0 saturated heterocycles. The molecule has 0 aromatic carbocycles. The highest BCUT2D eigenvalue weighted by molar-refractivity contribution is 5.91. The molecule has 0 fully saturated rings. The van der Waals surface area contributed by atoms with Crippen LogP contribution >= 0.6 is 0 Å². The number of aromatic amines is 1. The lowest BCUT2D eigenvalue weighted by Crippen LogP contribution is -2.27. The molecule has 0 spiro atoms. The molecule has 2 heterocycles. The van der Waals surface area contributed by atoms with Gasteiger partial charge in [0.05, 0.1) is 6.54 Å². The van der Waals surface area contributed by atoms with Gasteiger partial charge < -0.3 is 14.7 Å². The zero-order valence-corrected chi connectivity index (χ0v) is 14.7. The maximum absolute atomic E-state index is 12.2. The SMILES string of the molecule is CCN(CC)Cc1ccc(C(=O)NCc2c(C)cc(C)[nH]c2=O)o1. The Morgan fingerprint density at radius 1 is 1.25 bits per heavy atom. The molecule has 6 heteroatoms. The molecule has 0 bridgehead atoms. The molecule has 1 amide bonds. The van der Waals surface area contributed by atoms with Gasteiger partial charge in [0, 0.05) is 17.8 Å². The van der Waals surface area contributed by atoms with Crippen LogP contribution in [-0.2, 0) is 13.1 Å². The van der Waals surface area contributed by atoms with Crippen LogP contribution in [0.2, 0.25) is 0 Å². The normalized spacial score (nSPS) is 11.0. The summed E-state index contributed by atoms with van der Waals surface area (Å²) in [4.78, 5) is 29.1. The van der Waals surface area contributed by atoms with E-state index in [9.17, 15) is 9.59 Å². The third-order valence-corrected chi connectivity index (χ3v) is 4.08. The molecule has 0 unspecified atom stereocenters. The van der Waals surface area contributed by atoms with E-state index < -0.39 is 0 Å². The van der Waals surface area contributed by atoms with Crippen LogP contribution in [0.3, 0.4) is 0 Å². The van der Waals surface area contributed by atoms with Crippen molar-refractivity contribution in [2.45, 2.75) is 40.8 Å². The van der Waals surface area contributed by atoms with Crippen molar-refractivity contribution in [1.29, 1.82) is 0 Å². The molecule has 2 rings (SSSR count). The molecule has 6 nitrogen and oxygen atoms in total. The third-order valence-electron chi connectivity index (χ3n) is 4.08. The summed E-state index contributed by atoms with van der Waals surface area (Å²) in [6, 6.07) is 5.37. The van der Waals surface area contributed by atoms with Crippen LogP contribution in [0.4, 0.5) is 0 Å². The van der Waals surface area contributed by atoms with Gasteiger partial charge in [0.2, 0.25) is 0 Å². The minimum atomic E-state index is -0.319. The standard InChI is InChI=1S/C18H25N3O3/c1-5-21(6-2)11-14-7-8-16(24-14)18(23)19-10-15-12(3)9-13(4)20-17(15)22/h7-9H,5-6,10-11H2,1-4H3,(H,19,23)(H,20,22). The molecule has 130 valence electrons. The van der Waals surface area contributed by atoms with Gasteiger partial charge in [-0.25, -0.2) is 0 Å². The Kier molecular flexibility index (Phi) is 5.98. The minimum absolute atomic E-state index is 0.172. The molecule has 0 radical (unpaired) electrons. The Hall–Kier alpha value is -2.34. The minimum Gasteiger partial charge on any atom is -0.455 e. The van der Waals surface area contributed by atoms with Crippen LogP contribution < -0.4 is 10.9 Å². The van der Waals surface area contributed by atoms with Gasteiger partial charge in [-0.3, -0.25) is 14.5 Å². The highest BCUT2D eigenvalue weighted by atomic mass is 16.4. The summed E-state index contributed by atoms with van der Waals surface area (Å²) in [6.45, 7) is 10.6. The molecule has 2 aromatic heterocycles. The molecule has 0 aliphatic heterocycles. The van der Waals surface area contributed by atoms with Crippen LogP contribution in [0.25, 0.3) is 0 Å². The number of rotatable bonds is 7. The highest BCUT2D eigenvalue weighted by Crippen LogP contribution is 2.11. The topological polar surface area (TPSA) is 78.3 Å². The second-order valence-electron chi connectivity index (χ2n) is 5.85. The maximum Gasteiger partial charge on any atom is 0.287 e. The lowest BCUT2D eigenvalue weighted by molar-refractivity contribution is 0.0919. The fourth-order valence-electron chi connectivity index (χ4n) is 2.61. The first-order valence-electron chi connectivity index (χ1n) is 8.23. The summed E-state index contributed by atoms with van der Waals surface area (Å²) in [5.74, 6) is 0.701. The zero-order chi connectivity index (χ0) is 17.7. The van der Waals surface area contributed by atoms with Crippen LogP contribution in [0, 0.1) is 13.8 Å². The molecule has 0 aliphatic rings. The number of H-pyrrole nitrogens is 1. The number of hydrogen-bond acceptors (Lipinski definition) is 4. The van der Waals surface area contributed by atoms with Gasteiger partial charge in [0.1, 0.15) is 5.76 Å². The number of aromatic nitrogens is 1. The van der Waals surface area contributed by atoms with Gasteiger partial charge in [-0.05, 0) is 50.7 Å². The van der Waals surface area contributed by atoms with Crippen molar-refractivity contribution in [3.8, 4) is 0 Å². The molecule has 0 aliphatic carbocycles. The van der Waals surface area contributed by atoms with Crippen molar-refractivity contribution < 1.29 is 9.21 Å². The van der Waals surface area contributed by atoms with E-state index in [4.69, 9.17) is 4.42 Å². The summed E-state index contributed by atoms with van der Waals surface area (Å²) in [5, 5.41) is 2.74. The van der Waals surface area contributed by atoms with E-state index in [2.05, 4.69) is 29.0 Å². The summed E-state index contributed by atoms with van der Waals surface area (Å²) in [7, 11) is 0. The number of nitrogens with one attached hydrogen (secondary N) is 2. The Morgan fingerprint density at radius 3 is 2.58 bits per heavy atom. The molecular weight excluding hydrogens is 306 g/mol. The number of amides is 1. The van der Waals surface area contributed by atoms with E-state index in [-0.39, 0.29) is 23.8 Å². The predicted octanol–water partition coefficient (Wildman–Crippen LogP) is 2.36. The quantitative estimate of drug-likeness (QED) is 0.816. The van der Waals surface area contributed by atoms with Crippen LogP contribution in [0.5, 0.6) is 0 Å². The second kappa shape index (κ2) is 7.97. The Bertz CT molecular complexity index is 757. The van der Waals surface area contributed by atoms with Gasteiger partial charge >= 0.3 is 0 Å². The van der Waals surface area contributed by atoms with E-state index in [1.54, 1.807) is 6.07 Å². The summed E-state index contributed by atoms with van der Waals surface area (Å²) in [5.41, 5.74) is 2.05. The average Bonchev–Trinajstić information content (AvgIpc) is 3.00. The third kappa shape index (κ3) is 4.35. The van der Waals surface area contributed by atoms with Crippen molar-refractivity contribution in [1.82, 2.24) is 15.2 Å². The van der Waals surface area contributed by atoms with Gasteiger partial charge in [-0.15, -0.1) is 0 Å². The number of pyridine rings is 1. The fraction of sp³-hybridized carbons (Fsp3) is 0.444. The Balaban J connectivity index is 2.01. The van der Waals surface area contributed by atoms with E-state index in [0.717, 1.165) is 30.1 Å². The second-order valence-corrected chi connectivity index (χ2v) is 5.85. The smallest absolute Gasteiger partial charge is 0.287 e. The van der Waals surface area contributed by atoms with E-state index in [1.807, 2.05) is 26.0 Å². The van der Waals surface area contributed by atoms with Crippen molar-refractivity contribution >= 4 is 5.91 Å². The molecule has 2 N–H and O–H groups in total. The number of carbonyl (C=O) groups excluding carboxylic acids is 1. The number of nitrogens with zero attached hydrogens (tertiary/aromatic N) is 1. The van der Waals surface area contributed by atoms with Crippen molar-refractivity contribution in [2.24, 2.45) is 0 Å². The van der Waals surface area contributed by atoms with Crippen LogP contribution in [-0.4, -0.2) is 28.9 Å². The molecule has 0 atom stereocenters. The number of aryl methyl sites for hydroxylation is 2. The van der Waals surface area contributed by atoms with E-state index in [1.165, 1.54) is 0 Å². The first-order chi connectivity index (χ1) is 11.4. The van der Waals surface area contributed by atoms with Crippen molar-refractivity contribution in [3.63, 3.8) is 0 Å². The summed E-state index contributed by atoms with van der Waals surface area (Å²) >= 11 is 0. The number of furan rings is 1. The van der Waals surface area contributed by atoms with Crippen LogP contribution in [0.1, 0.15) is 47.0 Å². The lowest BCUT2D eigenvalue weighted by atomic mass is 10.1. The van der Waals surface area contributed by atoms with E-state index in [0.29, 0.717) is 12.1 Å². The first kappa shape index (κ1) is 18.0. The van der Waals surface area contributed by atoms with Gasteiger partial charge in [-0.1, -0.05) is 13.8 Å². The highest BCUT2D eigenvalue weighted by Gasteiger charge is 2.14. The molecule has 24 heavy (non-hydrogen) atoms. The average molecular weight is 331 g/mol. The fourth-order valence-corrected chi connectivity index (χ4v) is 2.61. The molecule has 2 aromatic rings. The van der Waals surface area contributed by atoms with Crippen molar-refractivity contribution in [2.75, 3.05) is 13.1 Å². The number of hydrogen-bond donors (Lipinski definition) is 2. The monoisotopic (exact) mass is 331 g/mol. The molecular formula is C18H25N3O3. The van der Waals surface area contributed by atoms with Gasteiger partial charge in [0.25, 0.3) is 11.5 Å². The Labute approximate surface area is 141 Å². The predicted molar refractivity (Wildman–Crippen MR) is 93.0 cm³/mol. The van der Waals surface area contributed by atoms with Crippen molar-refractivity contribution in [3.05, 3.63) is 56.9 Å². The van der Waals surface area contributed by atoms with Gasteiger partial charge in [0.15, 0.2) is 5.76 Å². The Morgan fingerprint density at radius 2 is 1.96 bits per heavy atom. The van der Waals surface area contributed by atoms with Crippen LogP contribution in [0.15, 0.2) is 27.4 Å². The van der Waals surface area contributed by atoms with Gasteiger partial charge in [-0.2, -0.15) is 0 Å². The summed E-state index contributed by atoms with van der Waals surface area (Å²) < 4.78 is 5.61. The summed E-state index contributed by atoms with van der Waals surface area (Å²) in [6.07, 6.45) is 0. The first-order valence-corrected chi connectivity index (χ1v) is 8.23. The number of carbonyl (C=O) groups is 1. The molecule has 0 saturated carbocycles. The lowest BCUT2D eigenvalue weighted by Gasteiger charge is -2.15. The zero-order valence-electron chi connectivity index (χ0n) is 14.7. The largest absolute Gasteiger partial charge is 0.455 e. The van der Waals surface area contributed by atoms with E-state index >= 15 is 0 Å². The maximum atomic E-state index is 12.2.